The zero-order valence-corrected chi connectivity index (χ0v) is 11.6. The third kappa shape index (κ3) is 3.83. The number of nitriles is 1. The van der Waals surface area contributed by atoms with Crippen LogP contribution in [-0.2, 0) is 0 Å². The maximum atomic E-state index is 8.84. The zero-order valence-electron chi connectivity index (χ0n) is 11.6. The van der Waals surface area contributed by atoms with Gasteiger partial charge in [-0.05, 0) is 35.5 Å². The third-order valence-corrected chi connectivity index (χ3v) is 3.55. The topological polar surface area (TPSA) is 23.8 Å². The second-order valence-corrected chi connectivity index (χ2v) is 4.98. The molecular formula is C19H19N. The van der Waals surface area contributed by atoms with Crippen LogP contribution in [0.2, 0.25) is 0 Å². The van der Waals surface area contributed by atoms with Crippen LogP contribution in [0.5, 0.6) is 0 Å². The summed E-state index contributed by atoms with van der Waals surface area (Å²) in [5.41, 5.74) is 3.61. The van der Waals surface area contributed by atoms with Crippen molar-refractivity contribution in [1.82, 2.24) is 0 Å². The lowest BCUT2D eigenvalue weighted by Crippen LogP contribution is -2.00. The zero-order chi connectivity index (χ0) is 14.2. The van der Waals surface area contributed by atoms with Crippen molar-refractivity contribution in [3.63, 3.8) is 0 Å². The van der Waals surface area contributed by atoms with Gasteiger partial charge in [0.25, 0.3) is 0 Å². The molecule has 20 heavy (non-hydrogen) atoms. The molecular weight excluding hydrogens is 242 g/mol. The summed E-state index contributed by atoms with van der Waals surface area (Å²) in [6.07, 6.45) is 2.36. The summed E-state index contributed by atoms with van der Waals surface area (Å²) in [5.74, 6) is 0.364. The molecule has 0 spiro atoms. The molecule has 0 aliphatic carbocycles. The van der Waals surface area contributed by atoms with E-state index in [1.165, 1.54) is 11.1 Å². The normalized spacial score (nSPS) is 11.6. The van der Waals surface area contributed by atoms with Gasteiger partial charge in [-0.15, -0.1) is 0 Å². The highest BCUT2D eigenvalue weighted by molar-refractivity contribution is 5.64. The second kappa shape index (κ2) is 7.31. The van der Waals surface area contributed by atoms with Crippen molar-refractivity contribution in [2.24, 2.45) is 0 Å². The minimum atomic E-state index is 0.364. The Morgan fingerprint density at radius 1 is 1.00 bits per heavy atom. The van der Waals surface area contributed by atoms with Gasteiger partial charge in [0, 0.05) is 6.42 Å². The van der Waals surface area contributed by atoms with Crippen LogP contribution in [0.4, 0.5) is 0 Å². The lowest BCUT2D eigenvalue weighted by molar-refractivity contribution is 0.652. The van der Waals surface area contributed by atoms with Crippen LogP contribution in [0.25, 0.3) is 5.57 Å². The molecule has 0 amide bonds. The molecule has 0 aliphatic rings. The van der Waals surface area contributed by atoms with Gasteiger partial charge in [-0.3, -0.25) is 0 Å². The van der Waals surface area contributed by atoms with Crippen molar-refractivity contribution in [2.75, 3.05) is 0 Å². The van der Waals surface area contributed by atoms with Gasteiger partial charge in [-0.2, -0.15) is 5.26 Å². The second-order valence-electron chi connectivity index (χ2n) is 4.98. The molecule has 0 saturated heterocycles. The summed E-state index contributed by atoms with van der Waals surface area (Å²) in [5, 5.41) is 8.84. The third-order valence-electron chi connectivity index (χ3n) is 3.55. The highest BCUT2D eigenvalue weighted by Gasteiger charge is 2.13. The quantitative estimate of drug-likeness (QED) is 0.703. The summed E-state index contributed by atoms with van der Waals surface area (Å²) in [7, 11) is 0. The van der Waals surface area contributed by atoms with Gasteiger partial charge < -0.3 is 0 Å². The standard InChI is InChI=1S/C19H19N/c1-16(17-9-4-2-5-10-17)15-19(13-8-14-20)18-11-6-3-7-12-18/h2-7,9-12,19H,1,8,13,15H2. The summed E-state index contributed by atoms with van der Waals surface area (Å²) in [4.78, 5) is 0. The predicted octanol–water partition coefficient (Wildman–Crippen LogP) is 5.18. The van der Waals surface area contributed by atoms with Gasteiger partial charge in [0.05, 0.1) is 6.07 Å². The SMILES string of the molecule is C=C(CC(CCC#N)c1ccccc1)c1ccccc1. The molecule has 1 unspecified atom stereocenters. The molecule has 100 valence electrons. The number of hydrogen-bond donors (Lipinski definition) is 0. The van der Waals surface area contributed by atoms with E-state index in [1.807, 2.05) is 24.3 Å². The first-order chi connectivity index (χ1) is 9.81. The van der Waals surface area contributed by atoms with Gasteiger partial charge in [0.2, 0.25) is 0 Å². The Kier molecular flexibility index (Phi) is 5.15. The van der Waals surface area contributed by atoms with E-state index in [1.54, 1.807) is 0 Å². The molecule has 2 aromatic rings. The lowest BCUT2D eigenvalue weighted by Gasteiger charge is -2.18. The monoisotopic (exact) mass is 261 g/mol. The maximum Gasteiger partial charge on any atom is 0.0621 e. The molecule has 1 nitrogen and oxygen atoms in total. The Morgan fingerprint density at radius 3 is 2.20 bits per heavy atom. The summed E-state index contributed by atoms with van der Waals surface area (Å²) in [6.45, 7) is 4.22. The van der Waals surface area contributed by atoms with Gasteiger partial charge in [0.15, 0.2) is 0 Å². The fourth-order valence-corrected chi connectivity index (χ4v) is 2.44. The van der Waals surface area contributed by atoms with Gasteiger partial charge in [0.1, 0.15) is 0 Å². The van der Waals surface area contributed by atoms with E-state index in [9.17, 15) is 0 Å². The molecule has 0 bridgehead atoms. The fraction of sp³-hybridized carbons (Fsp3) is 0.211. The van der Waals surface area contributed by atoms with Crippen molar-refractivity contribution >= 4 is 5.57 Å². The molecule has 0 saturated carbocycles. The van der Waals surface area contributed by atoms with Crippen molar-refractivity contribution in [2.45, 2.75) is 25.2 Å². The predicted molar refractivity (Wildman–Crippen MR) is 84.1 cm³/mol. The average Bonchev–Trinajstić information content (AvgIpc) is 2.53. The Morgan fingerprint density at radius 2 is 1.60 bits per heavy atom. The van der Waals surface area contributed by atoms with Crippen LogP contribution in [-0.4, -0.2) is 0 Å². The van der Waals surface area contributed by atoms with Crippen molar-refractivity contribution in [3.05, 3.63) is 78.4 Å². The van der Waals surface area contributed by atoms with Crippen LogP contribution in [0.1, 0.15) is 36.3 Å². The largest absolute Gasteiger partial charge is 0.198 e. The molecule has 0 heterocycles. The van der Waals surface area contributed by atoms with Crippen LogP contribution < -0.4 is 0 Å². The Balaban J connectivity index is 2.12. The van der Waals surface area contributed by atoms with E-state index in [0.29, 0.717) is 12.3 Å². The van der Waals surface area contributed by atoms with Gasteiger partial charge >= 0.3 is 0 Å². The van der Waals surface area contributed by atoms with Crippen molar-refractivity contribution in [3.8, 4) is 6.07 Å². The molecule has 0 radical (unpaired) electrons. The summed E-state index contributed by atoms with van der Waals surface area (Å²) >= 11 is 0. The molecule has 0 N–H and O–H groups in total. The minimum absolute atomic E-state index is 0.364. The van der Waals surface area contributed by atoms with E-state index in [-0.39, 0.29) is 0 Å². The Labute approximate surface area is 121 Å². The Bertz CT molecular complexity index is 578. The number of allylic oxidation sites excluding steroid dienone is 1. The van der Waals surface area contributed by atoms with E-state index in [4.69, 9.17) is 5.26 Å². The fourth-order valence-electron chi connectivity index (χ4n) is 2.44. The summed E-state index contributed by atoms with van der Waals surface area (Å²) < 4.78 is 0. The van der Waals surface area contributed by atoms with Crippen molar-refractivity contribution < 1.29 is 0 Å². The van der Waals surface area contributed by atoms with Crippen LogP contribution in [0, 0.1) is 11.3 Å². The first kappa shape index (κ1) is 14.1. The van der Waals surface area contributed by atoms with Crippen LogP contribution in [0.15, 0.2) is 67.2 Å². The highest BCUT2D eigenvalue weighted by atomic mass is 14.2. The Hall–Kier alpha value is -2.33. The maximum absolute atomic E-state index is 8.84. The minimum Gasteiger partial charge on any atom is -0.198 e. The first-order valence-electron chi connectivity index (χ1n) is 6.96. The van der Waals surface area contributed by atoms with E-state index in [0.717, 1.165) is 18.4 Å². The number of hydrogen-bond acceptors (Lipinski definition) is 1. The average molecular weight is 261 g/mol. The molecule has 2 aromatic carbocycles. The molecule has 1 atom stereocenters. The van der Waals surface area contributed by atoms with E-state index in [2.05, 4.69) is 49.0 Å². The van der Waals surface area contributed by atoms with Gasteiger partial charge in [-0.1, -0.05) is 67.2 Å². The molecule has 1 heteroatoms. The lowest BCUT2D eigenvalue weighted by atomic mass is 9.87. The molecule has 0 fully saturated rings. The smallest absolute Gasteiger partial charge is 0.0621 e. The van der Waals surface area contributed by atoms with E-state index >= 15 is 0 Å². The number of rotatable bonds is 6. The number of nitrogens with zero attached hydrogens (tertiary/aromatic N) is 1. The summed E-state index contributed by atoms with van der Waals surface area (Å²) in [6, 6.07) is 22.9. The molecule has 2 rings (SSSR count). The van der Waals surface area contributed by atoms with Crippen LogP contribution >= 0.6 is 0 Å². The molecule has 0 aromatic heterocycles. The molecule has 0 aliphatic heterocycles. The first-order valence-corrected chi connectivity index (χ1v) is 6.96. The van der Waals surface area contributed by atoms with E-state index < -0.39 is 0 Å². The van der Waals surface area contributed by atoms with Gasteiger partial charge in [-0.25, -0.2) is 0 Å². The van der Waals surface area contributed by atoms with Crippen LogP contribution in [0.3, 0.4) is 0 Å². The highest BCUT2D eigenvalue weighted by Crippen LogP contribution is 2.31. The number of benzene rings is 2. The van der Waals surface area contributed by atoms with Crippen molar-refractivity contribution in [1.29, 1.82) is 5.26 Å².